The van der Waals surface area contributed by atoms with Crippen LogP contribution in [0.15, 0.2) is 66.7 Å². The van der Waals surface area contributed by atoms with Crippen molar-refractivity contribution in [2.45, 2.75) is 6.92 Å². The van der Waals surface area contributed by atoms with Crippen LogP contribution >= 0.6 is 11.3 Å². The van der Waals surface area contributed by atoms with Gasteiger partial charge in [-0.1, -0.05) is 60.7 Å². The lowest BCUT2D eigenvalue weighted by Gasteiger charge is -1.98. The predicted molar refractivity (Wildman–Crippen MR) is 92.5 cm³/mol. The zero-order valence-electron chi connectivity index (χ0n) is 12.6. The highest BCUT2D eigenvalue weighted by Crippen LogP contribution is 2.34. The molecule has 0 radical (unpaired) electrons. The molecule has 0 fully saturated rings. The first kappa shape index (κ1) is 13.9. The molecular formula is C19H15N2OS+. The molecule has 0 amide bonds. The van der Waals surface area contributed by atoms with Crippen LogP contribution in [0.5, 0.6) is 5.88 Å². The van der Waals surface area contributed by atoms with Crippen LogP contribution in [0, 0.1) is 6.92 Å². The Balaban J connectivity index is 1.94. The summed E-state index contributed by atoms with van der Waals surface area (Å²) in [7, 11) is 0. The molecule has 0 aliphatic carbocycles. The van der Waals surface area contributed by atoms with E-state index in [0.29, 0.717) is 0 Å². The minimum atomic E-state index is 0.251. The van der Waals surface area contributed by atoms with Crippen molar-refractivity contribution in [3.05, 3.63) is 72.4 Å². The summed E-state index contributed by atoms with van der Waals surface area (Å²) in [6, 6.07) is 22.0. The van der Waals surface area contributed by atoms with Crippen LogP contribution in [0.2, 0.25) is 0 Å². The fourth-order valence-corrected chi connectivity index (χ4v) is 3.78. The second-order valence-corrected chi connectivity index (χ2v) is 6.37. The van der Waals surface area contributed by atoms with Gasteiger partial charge in [-0.25, -0.2) is 0 Å². The number of rotatable bonds is 2. The summed E-state index contributed by atoms with van der Waals surface area (Å²) >= 11 is 1.50. The molecule has 0 bridgehead atoms. The zero-order valence-corrected chi connectivity index (χ0v) is 13.4. The van der Waals surface area contributed by atoms with Gasteiger partial charge in [0.2, 0.25) is 0 Å². The molecule has 112 valence electrons. The van der Waals surface area contributed by atoms with Crippen LogP contribution < -0.4 is 4.40 Å². The number of aryl methyl sites for hydroxylation is 1. The number of thiazole rings is 1. The number of aromatic nitrogens is 2. The average molecular weight is 319 g/mol. The van der Waals surface area contributed by atoms with Gasteiger partial charge in [-0.2, -0.15) is 4.40 Å². The van der Waals surface area contributed by atoms with Crippen molar-refractivity contribution in [1.29, 1.82) is 0 Å². The molecule has 0 saturated heterocycles. The smallest absolute Gasteiger partial charge is 0.391 e. The van der Waals surface area contributed by atoms with Crippen LogP contribution in [0.4, 0.5) is 0 Å². The number of hydrogen-bond acceptors (Lipinski definition) is 3. The monoisotopic (exact) mass is 319 g/mol. The van der Waals surface area contributed by atoms with Gasteiger partial charge in [0.25, 0.3) is 0 Å². The lowest BCUT2D eigenvalue weighted by molar-refractivity contribution is -0.527. The molecule has 2 aromatic heterocycles. The first-order valence-electron chi connectivity index (χ1n) is 7.40. The van der Waals surface area contributed by atoms with Crippen LogP contribution in [-0.4, -0.2) is 10.1 Å². The van der Waals surface area contributed by atoms with Crippen LogP contribution in [0.3, 0.4) is 0 Å². The van der Waals surface area contributed by atoms with Crippen molar-refractivity contribution in [3.63, 3.8) is 0 Å². The summed E-state index contributed by atoms with van der Waals surface area (Å²) in [5.74, 6) is 0.251. The molecule has 2 aromatic carbocycles. The highest BCUT2D eigenvalue weighted by molar-refractivity contribution is 7.20. The largest absolute Gasteiger partial charge is 0.476 e. The van der Waals surface area contributed by atoms with E-state index in [4.69, 9.17) is 4.98 Å². The number of benzene rings is 2. The summed E-state index contributed by atoms with van der Waals surface area (Å²) in [6.45, 7) is 1.99. The fraction of sp³-hybridized carbons (Fsp3) is 0.0526. The van der Waals surface area contributed by atoms with E-state index < -0.39 is 0 Å². The Morgan fingerprint density at radius 2 is 1.52 bits per heavy atom. The predicted octanol–water partition coefficient (Wildman–Crippen LogP) is 4.23. The first-order chi connectivity index (χ1) is 11.2. The average Bonchev–Trinajstić information content (AvgIpc) is 2.94. The van der Waals surface area contributed by atoms with Gasteiger partial charge in [-0.15, -0.1) is 0 Å². The van der Waals surface area contributed by atoms with Gasteiger partial charge >= 0.3 is 10.8 Å². The van der Waals surface area contributed by atoms with Gasteiger partial charge in [-0.3, -0.25) is 0 Å². The maximum Gasteiger partial charge on any atom is 0.391 e. The molecule has 0 unspecified atom stereocenters. The summed E-state index contributed by atoms with van der Waals surface area (Å²) in [5, 5.41) is 10.6. The zero-order chi connectivity index (χ0) is 15.8. The van der Waals surface area contributed by atoms with E-state index in [1.54, 1.807) is 4.40 Å². The van der Waals surface area contributed by atoms with Crippen LogP contribution in [0.1, 0.15) is 5.69 Å². The van der Waals surface area contributed by atoms with Gasteiger partial charge in [0.15, 0.2) is 5.69 Å². The van der Waals surface area contributed by atoms with Crippen molar-refractivity contribution in [1.82, 2.24) is 4.98 Å². The minimum absolute atomic E-state index is 0.251. The highest BCUT2D eigenvalue weighted by atomic mass is 32.1. The molecule has 2 heterocycles. The molecule has 0 aliphatic rings. The van der Waals surface area contributed by atoms with E-state index in [0.717, 1.165) is 32.4 Å². The van der Waals surface area contributed by atoms with Crippen molar-refractivity contribution in [3.8, 4) is 27.6 Å². The molecule has 0 aliphatic heterocycles. The molecule has 3 nitrogen and oxygen atoms in total. The Kier molecular flexibility index (Phi) is 3.32. The Bertz CT molecular complexity index is 979. The van der Waals surface area contributed by atoms with Crippen molar-refractivity contribution in [2.75, 3.05) is 0 Å². The lowest BCUT2D eigenvalue weighted by atomic mass is 10.1. The summed E-state index contributed by atoms with van der Waals surface area (Å²) in [5.41, 5.74) is 3.96. The maximum absolute atomic E-state index is 10.6. The van der Waals surface area contributed by atoms with E-state index in [1.165, 1.54) is 11.3 Å². The summed E-state index contributed by atoms with van der Waals surface area (Å²) in [6.07, 6.45) is 0. The van der Waals surface area contributed by atoms with Crippen LogP contribution in [-0.2, 0) is 0 Å². The molecule has 23 heavy (non-hydrogen) atoms. The minimum Gasteiger partial charge on any atom is -0.476 e. The molecule has 4 aromatic rings. The first-order valence-corrected chi connectivity index (χ1v) is 8.22. The van der Waals surface area contributed by atoms with Crippen molar-refractivity contribution in [2.24, 2.45) is 0 Å². The molecule has 0 spiro atoms. The van der Waals surface area contributed by atoms with Gasteiger partial charge in [0.05, 0.1) is 0 Å². The standard InChI is InChI=1S/C19H14N2OS/c1-13-12-16(14-8-4-2-5-9-14)20-19-21(13)18(22)17(23-19)15-10-6-3-7-11-15/h2-12H,1H3/p+1. The molecule has 4 rings (SSSR count). The number of fused-ring (bicyclic) bond motifs is 1. The summed E-state index contributed by atoms with van der Waals surface area (Å²) in [4.78, 5) is 6.37. The van der Waals surface area contributed by atoms with E-state index in [9.17, 15) is 5.11 Å². The van der Waals surface area contributed by atoms with E-state index in [2.05, 4.69) is 0 Å². The molecule has 0 atom stereocenters. The number of nitrogens with zero attached hydrogens (tertiary/aromatic N) is 2. The van der Waals surface area contributed by atoms with Crippen LogP contribution in [0.25, 0.3) is 26.7 Å². The maximum atomic E-state index is 10.6. The quantitative estimate of drug-likeness (QED) is 0.561. The molecule has 1 N–H and O–H groups in total. The van der Waals surface area contributed by atoms with E-state index >= 15 is 0 Å². The Hall–Kier alpha value is -2.72. The SMILES string of the molecule is Cc1cc(-c2ccccc2)nc2sc(-c3ccccc3)c(O)[n+]12. The highest BCUT2D eigenvalue weighted by Gasteiger charge is 2.24. The van der Waals surface area contributed by atoms with E-state index in [1.807, 2.05) is 73.7 Å². The fourth-order valence-electron chi connectivity index (χ4n) is 2.70. The molecular weight excluding hydrogens is 304 g/mol. The van der Waals surface area contributed by atoms with Gasteiger partial charge in [0.1, 0.15) is 10.6 Å². The lowest BCUT2D eigenvalue weighted by Crippen LogP contribution is -2.24. The number of hydrogen-bond donors (Lipinski definition) is 1. The third-order valence-electron chi connectivity index (χ3n) is 3.82. The van der Waals surface area contributed by atoms with Crippen molar-refractivity contribution >= 4 is 16.3 Å². The number of aromatic hydroxyl groups is 1. The Labute approximate surface area is 138 Å². The Morgan fingerprint density at radius 3 is 2.17 bits per heavy atom. The Morgan fingerprint density at radius 1 is 0.913 bits per heavy atom. The topological polar surface area (TPSA) is 37.2 Å². The normalized spacial score (nSPS) is 11.0. The third kappa shape index (κ3) is 2.37. The third-order valence-corrected chi connectivity index (χ3v) is 4.90. The van der Waals surface area contributed by atoms with E-state index in [-0.39, 0.29) is 5.88 Å². The molecule has 0 saturated carbocycles. The van der Waals surface area contributed by atoms with Crippen molar-refractivity contribution < 1.29 is 9.51 Å². The van der Waals surface area contributed by atoms with Gasteiger partial charge in [0, 0.05) is 11.6 Å². The second-order valence-electron chi connectivity index (χ2n) is 5.39. The van der Waals surface area contributed by atoms with Gasteiger partial charge in [-0.05, 0) is 28.8 Å². The second kappa shape index (κ2) is 5.48. The van der Waals surface area contributed by atoms with Gasteiger partial charge < -0.3 is 5.11 Å². The summed E-state index contributed by atoms with van der Waals surface area (Å²) < 4.78 is 1.80. The molecule has 4 heteroatoms.